The van der Waals surface area contributed by atoms with E-state index in [1.54, 1.807) is 30.4 Å². The Morgan fingerprint density at radius 2 is 1.81 bits per heavy atom. The van der Waals surface area contributed by atoms with E-state index in [2.05, 4.69) is 12.1 Å². The van der Waals surface area contributed by atoms with E-state index in [0.29, 0.717) is 22.5 Å². The molecule has 0 saturated heterocycles. The molecule has 0 radical (unpaired) electrons. The van der Waals surface area contributed by atoms with Crippen molar-refractivity contribution in [2.75, 3.05) is 13.2 Å². The average Bonchev–Trinajstić information content (AvgIpc) is 3.49. The molecule has 6 heteroatoms. The highest BCUT2D eigenvalue weighted by atomic mass is 16.5. The van der Waals surface area contributed by atoms with Gasteiger partial charge in [-0.25, -0.2) is 4.79 Å². The van der Waals surface area contributed by atoms with Crippen molar-refractivity contribution in [2.45, 2.75) is 53.0 Å². The smallest absolute Gasteiger partial charge is 0.355 e. The molecule has 0 unspecified atom stereocenters. The SMILES string of the molecule is CCOC(=O)c1c(C)c(C(=O)CN(C(=O)[C@H]2C[C@H]2c2ccccc2)C(C)C)c(C)n1C. The molecule has 166 valence electrons. The topological polar surface area (TPSA) is 68.6 Å². The van der Waals surface area contributed by atoms with E-state index in [9.17, 15) is 14.4 Å². The van der Waals surface area contributed by atoms with Gasteiger partial charge in [0.2, 0.25) is 5.91 Å². The number of hydrogen-bond donors (Lipinski definition) is 0. The highest BCUT2D eigenvalue weighted by molar-refractivity contribution is 6.05. The molecule has 0 N–H and O–H groups in total. The normalized spacial score (nSPS) is 17.5. The number of nitrogens with zero attached hydrogens (tertiary/aromatic N) is 2. The van der Waals surface area contributed by atoms with Gasteiger partial charge in [-0.05, 0) is 58.1 Å². The molecule has 1 saturated carbocycles. The van der Waals surface area contributed by atoms with Crippen molar-refractivity contribution >= 4 is 17.7 Å². The number of rotatable bonds is 8. The minimum Gasteiger partial charge on any atom is -0.461 e. The van der Waals surface area contributed by atoms with Gasteiger partial charge in [0.25, 0.3) is 0 Å². The van der Waals surface area contributed by atoms with Gasteiger partial charge in [-0.15, -0.1) is 0 Å². The molecule has 31 heavy (non-hydrogen) atoms. The maximum absolute atomic E-state index is 13.3. The Morgan fingerprint density at radius 3 is 2.39 bits per heavy atom. The molecular formula is C25H32N2O4. The fourth-order valence-electron chi connectivity index (χ4n) is 4.38. The van der Waals surface area contributed by atoms with Crippen molar-refractivity contribution in [1.29, 1.82) is 0 Å². The van der Waals surface area contributed by atoms with Gasteiger partial charge in [-0.1, -0.05) is 30.3 Å². The van der Waals surface area contributed by atoms with Crippen LogP contribution in [0.3, 0.4) is 0 Å². The van der Waals surface area contributed by atoms with Gasteiger partial charge < -0.3 is 14.2 Å². The Hall–Kier alpha value is -2.89. The Labute approximate surface area is 184 Å². The summed E-state index contributed by atoms with van der Waals surface area (Å²) in [7, 11) is 1.76. The fraction of sp³-hybridized carbons (Fsp3) is 0.480. The summed E-state index contributed by atoms with van der Waals surface area (Å²) in [5, 5.41) is 0. The predicted molar refractivity (Wildman–Crippen MR) is 119 cm³/mol. The quantitative estimate of drug-likeness (QED) is 0.474. The molecule has 1 heterocycles. The van der Waals surface area contributed by atoms with Crippen molar-refractivity contribution in [3.63, 3.8) is 0 Å². The van der Waals surface area contributed by atoms with Crippen LogP contribution in [-0.4, -0.2) is 46.3 Å². The van der Waals surface area contributed by atoms with Crippen LogP contribution in [0.2, 0.25) is 0 Å². The Morgan fingerprint density at radius 1 is 1.16 bits per heavy atom. The van der Waals surface area contributed by atoms with Gasteiger partial charge in [-0.2, -0.15) is 0 Å². The molecule has 1 aromatic carbocycles. The maximum atomic E-state index is 13.3. The molecule has 2 atom stereocenters. The number of amides is 1. The Bertz CT molecular complexity index is 991. The summed E-state index contributed by atoms with van der Waals surface area (Å²) in [6.45, 7) is 9.46. The van der Waals surface area contributed by atoms with Crippen molar-refractivity contribution in [3.05, 3.63) is 58.4 Å². The summed E-state index contributed by atoms with van der Waals surface area (Å²) in [5.41, 5.74) is 3.36. The van der Waals surface area contributed by atoms with Crippen LogP contribution >= 0.6 is 0 Å². The Balaban J connectivity index is 1.80. The van der Waals surface area contributed by atoms with Crippen LogP contribution < -0.4 is 0 Å². The van der Waals surface area contributed by atoms with Crippen LogP contribution in [-0.2, 0) is 16.6 Å². The first-order valence-electron chi connectivity index (χ1n) is 10.9. The molecular weight excluding hydrogens is 392 g/mol. The highest BCUT2D eigenvalue weighted by Gasteiger charge is 2.46. The zero-order valence-electron chi connectivity index (χ0n) is 19.3. The third-order valence-corrected chi connectivity index (χ3v) is 6.23. The van der Waals surface area contributed by atoms with E-state index >= 15 is 0 Å². The standard InChI is InChI=1S/C25H32N2O4/c1-7-31-25(30)23-16(4)22(17(5)26(23)6)21(28)14-27(15(2)3)24(29)20-13-19(20)18-11-9-8-10-12-18/h8-12,15,19-20H,7,13-14H2,1-6H3/t19-,20-/m0/s1. The van der Waals surface area contributed by atoms with E-state index in [-0.39, 0.29) is 42.7 Å². The van der Waals surface area contributed by atoms with Crippen molar-refractivity contribution in [2.24, 2.45) is 13.0 Å². The van der Waals surface area contributed by atoms with Gasteiger partial charge >= 0.3 is 5.97 Å². The molecule has 0 spiro atoms. The molecule has 1 amide bonds. The highest BCUT2D eigenvalue weighted by Crippen LogP contribution is 2.48. The summed E-state index contributed by atoms with van der Waals surface area (Å²) in [6.07, 6.45) is 0.816. The van der Waals surface area contributed by atoms with Crippen molar-refractivity contribution in [1.82, 2.24) is 9.47 Å². The number of carbonyl (C=O) groups excluding carboxylic acids is 3. The van der Waals surface area contributed by atoms with E-state index in [1.807, 2.05) is 39.0 Å². The lowest BCUT2D eigenvalue weighted by Crippen LogP contribution is -2.42. The van der Waals surface area contributed by atoms with E-state index in [4.69, 9.17) is 4.74 Å². The first-order valence-corrected chi connectivity index (χ1v) is 10.9. The summed E-state index contributed by atoms with van der Waals surface area (Å²) >= 11 is 0. The molecule has 1 fully saturated rings. The van der Waals surface area contributed by atoms with Crippen LogP contribution in [0.1, 0.15) is 70.8 Å². The average molecular weight is 425 g/mol. The number of carbonyl (C=O) groups is 3. The summed E-state index contributed by atoms with van der Waals surface area (Å²) < 4.78 is 6.86. The second-order valence-corrected chi connectivity index (χ2v) is 8.56. The first-order chi connectivity index (χ1) is 14.7. The minimum absolute atomic E-state index is 0.00245. The largest absolute Gasteiger partial charge is 0.461 e. The van der Waals surface area contributed by atoms with Crippen LogP contribution in [0.25, 0.3) is 0 Å². The van der Waals surface area contributed by atoms with Crippen molar-refractivity contribution < 1.29 is 19.1 Å². The predicted octanol–water partition coefficient (Wildman–Crippen LogP) is 4.04. The minimum atomic E-state index is -0.440. The van der Waals surface area contributed by atoms with Crippen LogP contribution in [0, 0.1) is 19.8 Å². The van der Waals surface area contributed by atoms with E-state index in [1.165, 1.54) is 5.56 Å². The second-order valence-electron chi connectivity index (χ2n) is 8.56. The van der Waals surface area contributed by atoms with Crippen molar-refractivity contribution in [3.8, 4) is 0 Å². The lowest BCUT2D eigenvalue weighted by Gasteiger charge is -2.26. The molecule has 2 aromatic rings. The third-order valence-electron chi connectivity index (χ3n) is 6.23. The number of benzene rings is 1. The summed E-state index contributed by atoms with van der Waals surface area (Å²) in [5.74, 6) is -0.425. The number of ether oxygens (including phenoxy) is 1. The molecule has 1 aliphatic rings. The number of aromatic nitrogens is 1. The monoisotopic (exact) mass is 424 g/mol. The molecule has 1 aliphatic carbocycles. The van der Waals surface area contributed by atoms with Gasteiger partial charge in [0.15, 0.2) is 5.78 Å². The lowest BCUT2D eigenvalue weighted by atomic mass is 10.0. The van der Waals surface area contributed by atoms with Gasteiger partial charge in [0.05, 0.1) is 13.2 Å². The number of ketones is 1. The molecule has 1 aromatic heterocycles. The zero-order chi connectivity index (χ0) is 22.9. The third kappa shape index (κ3) is 4.43. The molecule has 6 nitrogen and oxygen atoms in total. The van der Waals surface area contributed by atoms with Crippen LogP contribution in [0.4, 0.5) is 0 Å². The lowest BCUT2D eigenvalue weighted by molar-refractivity contribution is -0.133. The molecule has 0 aliphatic heterocycles. The van der Waals surface area contributed by atoms with Crippen LogP contribution in [0.5, 0.6) is 0 Å². The number of Topliss-reactive ketones (excluding diaryl/α,β-unsaturated/α-hetero) is 1. The number of esters is 1. The zero-order valence-corrected chi connectivity index (χ0v) is 19.3. The summed E-state index contributed by atoms with van der Waals surface area (Å²) in [6, 6.07) is 9.95. The Kier molecular flexibility index (Phi) is 6.68. The fourth-order valence-corrected chi connectivity index (χ4v) is 4.38. The van der Waals surface area contributed by atoms with Gasteiger partial charge in [0.1, 0.15) is 5.69 Å². The first kappa shape index (κ1) is 22.8. The molecule has 3 rings (SSSR count). The van der Waals surface area contributed by atoms with Gasteiger partial charge in [-0.3, -0.25) is 9.59 Å². The summed E-state index contributed by atoms with van der Waals surface area (Å²) in [4.78, 5) is 40.5. The van der Waals surface area contributed by atoms with Crippen LogP contribution in [0.15, 0.2) is 30.3 Å². The second kappa shape index (κ2) is 9.08. The van der Waals surface area contributed by atoms with Gasteiger partial charge in [0, 0.05) is 30.3 Å². The molecule has 0 bridgehead atoms. The maximum Gasteiger partial charge on any atom is 0.355 e. The van der Waals surface area contributed by atoms with E-state index < -0.39 is 5.97 Å². The number of hydrogen-bond acceptors (Lipinski definition) is 4. The van der Waals surface area contributed by atoms with E-state index in [0.717, 1.165) is 6.42 Å².